The van der Waals surface area contributed by atoms with Gasteiger partial charge in [-0.05, 0) is 30.5 Å². The highest BCUT2D eigenvalue weighted by atomic mass is 16.5. The number of rotatable bonds is 4. The van der Waals surface area contributed by atoms with Crippen molar-refractivity contribution >= 4 is 5.82 Å². The molecular weight excluding hydrogens is 240 g/mol. The molecule has 5 heteroatoms. The van der Waals surface area contributed by atoms with Crippen molar-refractivity contribution < 1.29 is 4.74 Å². The van der Waals surface area contributed by atoms with Gasteiger partial charge in [-0.2, -0.15) is 4.98 Å². The van der Waals surface area contributed by atoms with Gasteiger partial charge in [0.15, 0.2) is 0 Å². The smallest absolute Gasteiger partial charge is 0.224 e. The zero-order valence-electron chi connectivity index (χ0n) is 11.3. The Morgan fingerprint density at radius 2 is 2.00 bits per heavy atom. The molecule has 2 aromatic rings. The summed E-state index contributed by atoms with van der Waals surface area (Å²) in [6, 6.07) is 9.63. The molecule has 3 N–H and O–H groups in total. The summed E-state index contributed by atoms with van der Waals surface area (Å²) in [5, 5.41) is 0. The van der Waals surface area contributed by atoms with Crippen molar-refractivity contribution in [2.24, 2.45) is 5.84 Å². The fourth-order valence-corrected chi connectivity index (χ4v) is 1.72. The first-order valence-corrected chi connectivity index (χ1v) is 6.18. The van der Waals surface area contributed by atoms with Crippen LogP contribution in [0.2, 0.25) is 0 Å². The molecule has 0 aliphatic heterocycles. The summed E-state index contributed by atoms with van der Waals surface area (Å²) in [6.45, 7) is 6.08. The molecule has 0 unspecified atom stereocenters. The SMILES string of the molecule is Cc1nc(NN)cc(Oc2cccc(C(C)C)c2)n1. The van der Waals surface area contributed by atoms with Gasteiger partial charge < -0.3 is 10.2 Å². The highest BCUT2D eigenvalue weighted by Crippen LogP contribution is 2.25. The van der Waals surface area contributed by atoms with Crippen molar-refractivity contribution in [3.63, 3.8) is 0 Å². The lowest BCUT2D eigenvalue weighted by Gasteiger charge is -2.10. The predicted molar refractivity (Wildman–Crippen MR) is 75.2 cm³/mol. The van der Waals surface area contributed by atoms with E-state index in [0.29, 0.717) is 23.4 Å². The van der Waals surface area contributed by atoms with Crippen molar-refractivity contribution in [2.45, 2.75) is 26.7 Å². The topological polar surface area (TPSA) is 73.1 Å². The number of nitrogens with two attached hydrogens (primary N) is 1. The number of hydrogen-bond donors (Lipinski definition) is 2. The Hall–Kier alpha value is -2.14. The maximum atomic E-state index is 5.75. The molecule has 0 amide bonds. The number of aryl methyl sites for hydroxylation is 1. The fourth-order valence-electron chi connectivity index (χ4n) is 1.72. The minimum atomic E-state index is 0.456. The van der Waals surface area contributed by atoms with E-state index in [2.05, 4.69) is 35.3 Å². The van der Waals surface area contributed by atoms with E-state index in [4.69, 9.17) is 10.6 Å². The van der Waals surface area contributed by atoms with E-state index in [-0.39, 0.29) is 0 Å². The summed E-state index contributed by atoms with van der Waals surface area (Å²) in [5.41, 5.74) is 3.72. The van der Waals surface area contributed by atoms with Gasteiger partial charge in [0.25, 0.3) is 0 Å². The molecule has 0 fully saturated rings. The van der Waals surface area contributed by atoms with Crippen LogP contribution >= 0.6 is 0 Å². The Morgan fingerprint density at radius 1 is 1.21 bits per heavy atom. The lowest BCUT2D eigenvalue weighted by Crippen LogP contribution is -2.09. The number of hydrogen-bond acceptors (Lipinski definition) is 5. The summed E-state index contributed by atoms with van der Waals surface area (Å²) >= 11 is 0. The molecule has 1 heterocycles. The molecular formula is C14H18N4O. The average molecular weight is 258 g/mol. The number of nitrogens with one attached hydrogen (secondary N) is 1. The van der Waals surface area contributed by atoms with Crippen molar-refractivity contribution in [1.82, 2.24) is 9.97 Å². The average Bonchev–Trinajstić information content (AvgIpc) is 2.38. The zero-order valence-corrected chi connectivity index (χ0v) is 11.3. The van der Waals surface area contributed by atoms with Gasteiger partial charge >= 0.3 is 0 Å². The Balaban J connectivity index is 2.25. The molecule has 0 atom stereocenters. The summed E-state index contributed by atoms with van der Waals surface area (Å²) in [6.07, 6.45) is 0. The second-order valence-corrected chi connectivity index (χ2v) is 4.61. The van der Waals surface area contributed by atoms with Crippen LogP contribution in [0.4, 0.5) is 5.82 Å². The fraction of sp³-hybridized carbons (Fsp3) is 0.286. The van der Waals surface area contributed by atoms with E-state index >= 15 is 0 Å². The standard InChI is InChI=1S/C14H18N4O/c1-9(2)11-5-4-6-12(7-11)19-14-8-13(18-15)16-10(3)17-14/h4-9H,15H2,1-3H3,(H,16,17,18). The van der Waals surface area contributed by atoms with E-state index in [9.17, 15) is 0 Å². The van der Waals surface area contributed by atoms with Gasteiger partial charge in [-0.3, -0.25) is 0 Å². The van der Waals surface area contributed by atoms with Gasteiger partial charge in [0.2, 0.25) is 5.88 Å². The third-order valence-corrected chi connectivity index (χ3v) is 2.71. The quantitative estimate of drug-likeness (QED) is 0.651. The Morgan fingerprint density at radius 3 is 2.68 bits per heavy atom. The van der Waals surface area contributed by atoms with Gasteiger partial charge in [-0.1, -0.05) is 26.0 Å². The minimum absolute atomic E-state index is 0.456. The lowest BCUT2D eigenvalue weighted by molar-refractivity contribution is 0.459. The van der Waals surface area contributed by atoms with Crippen LogP contribution in [0.3, 0.4) is 0 Å². The molecule has 19 heavy (non-hydrogen) atoms. The summed E-state index contributed by atoms with van der Waals surface area (Å²) in [7, 11) is 0. The predicted octanol–water partition coefficient (Wildman–Crippen LogP) is 2.99. The van der Waals surface area contributed by atoms with E-state index in [1.807, 2.05) is 18.2 Å². The minimum Gasteiger partial charge on any atom is -0.439 e. The highest BCUT2D eigenvalue weighted by Gasteiger charge is 2.05. The van der Waals surface area contributed by atoms with Crippen LogP contribution in [0.5, 0.6) is 11.6 Å². The Kier molecular flexibility index (Phi) is 3.97. The van der Waals surface area contributed by atoms with Crippen LogP contribution in [0, 0.1) is 6.92 Å². The highest BCUT2D eigenvalue weighted by molar-refractivity contribution is 5.39. The number of hydrazine groups is 1. The molecule has 0 saturated heterocycles. The first-order valence-electron chi connectivity index (χ1n) is 6.18. The number of aromatic nitrogens is 2. The van der Waals surface area contributed by atoms with Crippen LogP contribution in [-0.4, -0.2) is 9.97 Å². The third kappa shape index (κ3) is 3.42. The molecule has 2 rings (SSSR count). The maximum Gasteiger partial charge on any atom is 0.224 e. The number of nitrogen functional groups attached to an aromatic ring is 1. The molecule has 1 aromatic heterocycles. The van der Waals surface area contributed by atoms with Crippen molar-refractivity contribution in [2.75, 3.05) is 5.43 Å². The Bertz CT molecular complexity index is 569. The van der Waals surface area contributed by atoms with Crippen molar-refractivity contribution in [3.05, 3.63) is 41.7 Å². The molecule has 0 spiro atoms. The van der Waals surface area contributed by atoms with Crippen molar-refractivity contribution in [3.8, 4) is 11.6 Å². The molecule has 5 nitrogen and oxygen atoms in total. The molecule has 0 radical (unpaired) electrons. The van der Waals surface area contributed by atoms with Gasteiger partial charge in [-0.15, -0.1) is 0 Å². The second-order valence-electron chi connectivity index (χ2n) is 4.61. The summed E-state index contributed by atoms with van der Waals surface area (Å²) in [5.74, 6) is 8.17. The molecule has 0 aliphatic rings. The van der Waals surface area contributed by atoms with Gasteiger partial charge in [0.05, 0.1) is 0 Å². The van der Waals surface area contributed by atoms with E-state index < -0.39 is 0 Å². The normalized spacial score (nSPS) is 10.6. The largest absolute Gasteiger partial charge is 0.439 e. The number of anilines is 1. The summed E-state index contributed by atoms with van der Waals surface area (Å²) in [4.78, 5) is 8.34. The van der Waals surface area contributed by atoms with Gasteiger partial charge in [-0.25, -0.2) is 10.8 Å². The maximum absolute atomic E-state index is 5.75. The molecule has 0 aliphatic carbocycles. The van der Waals surface area contributed by atoms with E-state index in [1.165, 1.54) is 5.56 Å². The van der Waals surface area contributed by atoms with Crippen molar-refractivity contribution in [1.29, 1.82) is 0 Å². The van der Waals surface area contributed by atoms with Crippen LogP contribution in [0.15, 0.2) is 30.3 Å². The van der Waals surface area contributed by atoms with Crippen LogP contribution in [-0.2, 0) is 0 Å². The number of benzene rings is 1. The third-order valence-electron chi connectivity index (χ3n) is 2.71. The van der Waals surface area contributed by atoms with E-state index in [1.54, 1.807) is 13.0 Å². The first kappa shape index (κ1) is 13.3. The van der Waals surface area contributed by atoms with Crippen LogP contribution in [0.1, 0.15) is 31.2 Å². The van der Waals surface area contributed by atoms with E-state index in [0.717, 1.165) is 5.75 Å². The Labute approximate surface area is 112 Å². The molecule has 0 bridgehead atoms. The van der Waals surface area contributed by atoms with Gasteiger partial charge in [0, 0.05) is 6.07 Å². The first-order chi connectivity index (χ1) is 9.08. The molecule has 0 saturated carbocycles. The number of ether oxygens (including phenoxy) is 1. The number of nitrogens with zero attached hydrogens (tertiary/aromatic N) is 2. The zero-order chi connectivity index (χ0) is 13.8. The monoisotopic (exact) mass is 258 g/mol. The van der Waals surface area contributed by atoms with Gasteiger partial charge in [0.1, 0.15) is 17.4 Å². The molecule has 100 valence electrons. The summed E-state index contributed by atoms with van der Waals surface area (Å²) < 4.78 is 5.75. The molecule has 1 aromatic carbocycles. The van der Waals surface area contributed by atoms with Crippen LogP contribution < -0.4 is 16.0 Å². The second kappa shape index (κ2) is 5.67. The van der Waals surface area contributed by atoms with Crippen LogP contribution in [0.25, 0.3) is 0 Å². The lowest BCUT2D eigenvalue weighted by atomic mass is 10.0.